The molecule has 6 heteroatoms. The molecular formula is C5H7F3O3. The van der Waals surface area contributed by atoms with E-state index in [-0.39, 0.29) is 0 Å². The molecule has 0 spiro atoms. The van der Waals surface area contributed by atoms with Crippen molar-refractivity contribution in [3.63, 3.8) is 0 Å². The predicted octanol–water partition coefficient (Wildman–Crippen LogP) is 0.0169. The SMILES string of the molecule is C[C@H]1O[C@@H]1C(O)(O)C(F)(F)F. The maximum Gasteiger partial charge on any atom is 0.445 e. The highest BCUT2D eigenvalue weighted by molar-refractivity contribution is 4.96. The standard InChI is InChI=1S/C5H7F3O3/c1-2-3(11-2)4(9,10)5(6,7)8/h2-3,9-10H,1H3/t2-,3+/m1/s1. The largest absolute Gasteiger partial charge is 0.445 e. The average Bonchev–Trinajstić information content (AvgIpc) is 2.43. The van der Waals surface area contributed by atoms with Crippen LogP contribution < -0.4 is 0 Å². The monoisotopic (exact) mass is 172 g/mol. The number of epoxide rings is 1. The summed E-state index contributed by atoms with van der Waals surface area (Å²) in [6, 6.07) is 0. The van der Waals surface area contributed by atoms with E-state index < -0.39 is 24.2 Å². The Morgan fingerprint density at radius 1 is 1.27 bits per heavy atom. The first-order valence-corrected chi connectivity index (χ1v) is 2.93. The molecule has 2 atom stereocenters. The molecule has 2 N–H and O–H groups in total. The third-order valence-corrected chi connectivity index (χ3v) is 1.52. The van der Waals surface area contributed by atoms with Crippen LogP contribution in [0.25, 0.3) is 0 Å². The third kappa shape index (κ3) is 1.33. The molecule has 1 heterocycles. The second kappa shape index (κ2) is 2.09. The van der Waals surface area contributed by atoms with Gasteiger partial charge in [-0.05, 0) is 6.92 Å². The maximum absolute atomic E-state index is 11.7. The molecule has 0 unspecified atom stereocenters. The predicted molar refractivity (Wildman–Crippen MR) is 27.6 cm³/mol. The van der Waals surface area contributed by atoms with Gasteiger partial charge >= 0.3 is 6.18 Å². The summed E-state index contributed by atoms with van der Waals surface area (Å²) in [6.45, 7) is 1.33. The second-order valence-corrected chi connectivity index (χ2v) is 2.49. The summed E-state index contributed by atoms with van der Waals surface area (Å²) in [7, 11) is 0. The molecule has 66 valence electrons. The fourth-order valence-corrected chi connectivity index (χ4v) is 0.769. The van der Waals surface area contributed by atoms with Gasteiger partial charge in [-0.25, -0.2) is 0 Å². The van der Waals surface area contributed by atoms with Crippen molar-refractivity contribution in [2.24, 2.45) is 0 Å². The zero-order valence-electron chi connectivity index (χ0n) is 5.59. The van der Waals surface area contributed by atoms with Crippen LogP contribution in [0.5, 0.6) is 0 Å². The topological polar surface area (TPSA) is 53.0 Å². The third-order valence-electron chi connectivity index (χ3n) is 1.52. The van der Waals surface area contributed by atoms with Crippen molar-refractivity contribution in [2.45, 2.75) is 31.1 Å². The number of hydrogen-bond donors (Lipinski definition) is 2. The van der Waals surface area contributed by atoms with Gasteiger partial charge in [-0.15, -0.1) is 0 Å². The minimum atomic E-state index is -5.05. The van der Waals surface area contributed by atoms with Gasteiger partial charge in [0.05, 0.1) is 6.10 Å². The van der Waals surface area contributed by atoms with Gasteiger partial charge in [0.25, 0.3) is 5.79 Å². The molecule has 0 aromatic carbocycles. The summed E-state index contributed by atoms with van der Waals surface area (Å²) in [4.78, 5) is 0. The molecule has 1 aliphatic heterocycles. The number of halogens is 3. The zero-order chi connectivity index (χ0) is 8.86. The van der Waals surface area contributed by atoms with Gasteiger partial charge in [0.1, 0.15) is 6.10 Å². The van der Waals surface area contributed by atoms with Crippen molar-refractivity contribution in [1.82, 2.24) is 0 Å². The lowest BCUT2D eigenvalue weighted by atomic mass is 10.1. The van der Waals surface area contributed by atoms with Gasteiger partial charge in [-0.2, -0.15) is 13.2 Å². The minimum absolute atomic E-state index is 0.744. The van der Waals surface area contributed by atoms with Crippen LogP contribution in [-0.4, -0.2) is 34.4 Å². The summed E-state index contributed by atoms with van der Waals surface area (Å²) >= 11 is 0. The fraction of sp³-hybridized carbons (Fsp3) is 1.00. The number of ether oxygens (including phenoxy) is 1. The molecule has 1 aliphatic rings. The second-order valence-electron chi connectivity index (χ2n) is 2.49. The van der Waals surface area contributed by atoms with E-state index in [1.807, 2.05) is 0 Å². The Balaban J connectivity index is 2.67. The van der Waals surface area contributed by atoms with E-state index in [1.165, 1.54) is 6.92 Å². The molecule has 1 fully saturated rings. The number of alkyl halides is 3. The van der Waals surface area contributed by atoms with Gasteiger partial charge in [0, 0.05) is 0 Å². The van der Waals surface area contributed by atoms with E-state index in [0.29, 0.717) is 0 Å². The van der Waals surface area contributed by atoms with Crippen molar-refractivity contribution in [2.75, 3.05) is 0 Å². The van der Waals surface area contributed by atoms with Crippen LogP contribution in [0.1, 0.15) is 6.92 Å². The first kappa shape index (κ1) is 8.76. The van der Waals surface area contributed by atoms with Crippen LogP contribution in [-0.2, 0) is 4.74 Å². The van der Waals surface area contributed by atoms with E-state index >= 15 is 0 Å². The Kier molecular flexibility index (Phi) is 1.66. The normalized spacial score (nSPS) is 32.2. The first-order valence-electron chi connectivity index (χ1n) is 2.93. The molecule has 0 bridgehead atoms. The van der Waals surface area contributed by atoms with E-state index in [0.717, 1.165) is 0 Å². The van der Waals surface area contributed by atoms with Gasteiger partial charge in [0.15, 0.2) is 0 Å². The van der Waals surface area contributed by atoms with Gasteiger partial charge in [-0.1, -0.05) is 0 Å². The van der Waals surface area contributed by atoms with Crippen molar-refractivity contribution in [3.05, 3.63) is 0 Å². The summed E-state index contributed by atoms with van der Waals surface area (Å²) in [6.07, 6.45) is -7.34. The Morgan fingerprint density at radius 3 is 1.73 bits per heavy atom. The zero-order valence-corrected chi connectivity index (χ0v) is 5.59. The summed E-state index contributed by atoms with van der Waals surface area (Å²) in [5.74, 6) is -3.70. The molecule has 3 nitrogen and oxygen atoms in total. The maximum atomic E-state index is 11.7. The lowest BCUT2D eigenvalue weighted by Crippen LogP contribution is -2.50. The molecule has 1 rings (SSSR count). The van der Waals surface area contributed by atoms with Gasteiger partial charge in [0.2, 0.25) is 0 Å². The molecule has 0 saturated carbocycles. The Hall–Kier alpha value is -0.330. The van der Waals surface area contributed by atoms with Crippen molar-refractivity contribution in [1.29, 1.82) is 0 Å². The van der Waals surface area contributed by atoms with E-state index in [4.69, 9.17) is 10.2 Å². The Labute approximate surface area is 60.4 Å². The van der Waals surface area contributed by atoms with Crippen LogP contribution in [0.4, 0.5) is 13.2 Å². The molecule has 11 heavy (non-hydrogen) atoms. The van der Waals surface area contributed by atoms with Gasteiger partial charge in [-0.3, -0.25) is 0 Å². The van der Waals surface area contributed by atoms with Crippen molar-refractivity contribution >= 4 is 0 Å². The van der Waals surface area contributed by atoms with Crippen LogP contribution >= 0.6 is 0 Å². The number of aliphatic hydroxyl groups is 2. The lowest BCUT2D eigenvalue weighted by Gasteiger charge is -2.22. The molecule has 0 aliphatic carbocycles. The Bertz CT molecular complexity index is 165. The molecule has 0 radical (unpaired) electrons. The fourth-order valence-electron chi connectivity index (χ4n) is 0.769. The smallest absolute Gasteiger partial charge is 0.364 e. The Morgan fingerprint density at radius 2 is 1.64 bits per heavy atom. The molecule has 1 saturated heterocycles. The molecule has 0 aromatic heterocycles. The quantitative estimate of drug-likeness (QED) is 0.433. The van der Waals surface area contributed by atoms with Crippen molar-refractivity contribution < 1.29 is 28.1 Å². The first-order chi connectivity index (χ1) is 4.77. The van der Waals surface area contributed by atoms with Crippen LogP contribution in [0.15, 0.2) is 0 Å². The van der Waals surface area contributed by atoms with Crippen LogP contribution in [0, 0.1) is 0 Å². The summed E-state index contributed by atoms with van der Waals surface area (Å²) in [5, 5.41) is 16.9. The minimum Gasteiger partial charge on any atom is -0.364 e. The van der Waals surface area contributed by atoms with E-state index in [2.05, 4.69) is 4.74 Å². The molecule has 0 aromatic rings. The summed E-state index contributed by atoms with van der Waals surface area (Å²) < 4.78 is 39.4. The van der Waals surface area contributed by atoms with E-state index in [1.54, 1.807) is 0 Å². The van der Waals surface area contributed by atoms with Crippen LogP contribution in [0.2, 0.25) is 0 Å². The summed E-state index contributed by atoms with van der Waals surface area (Å²) in [5.41, 5.74) is 0. The van der Waals surface area contributed by atoms with Crippen molar-refractivity contribution in [3.8, 4) is 0 Å². The highest BCUT2D eigenvalue weighted by Crippen LogP contribution is 2.40. The highest BCUT2D eigenvalue weighted by atomic mass is 19.4. The highest BCUT2D eigenvalue weighted by Gasteiger charge is 2.66. The van der Waals surface area contributed by atoms with E-state index in [9.17, 15) is 13.2 Å². The average molecular weight is 172 g/mol. The number of rotatable bonds is 1. The lowest BCUT2D eigenvalue weighted by molar-refractivity contribution is -0.354. The molecular weight excluding hydrogens is 165 g/mol. The van der Waals surface area contributed by atoms with Crippen LogP contribution in [0.3, 0.4) is 0 Å². The molecule has 0 amide bonds. The van der Waals surface area contributed by atoms with Gasteiger partial charge < -0.3 is 14.9 Å². The number of hydrogen-bond acceptors (Lipinski definition) is 3.